The zero-order chi connectivity index (χ0) is 22.7. The summed E-state index contributed by atoms with van der Waals surface area (Å²) in [6.45, 7) is 5.06. The Labute approximate surface area is 181 Å². The van der Waals surface area contributed by atoms with E-state index >= 15 is 0 Å². The highest BCUT2D eigenvalue weighted by molar-refractivity contribution is 6.46. The van der Waals surface area contributed by atoms with Gasteiger partial charge in [0.05, 0.1) is 18.2 Å². The number of aliphatic hydroxyl groups excluding tert-OH is 1. The molecule has 1 atom stereocenters. The molecule has 1 amide bonds. The van der Waals surface area contributed by atoms with Crippen LogP contribution in [0.3, 0.4) is 0 Å². The fraction of sp³-hybridized carbons (Fsp3) is 0.333. The van der Waals surface area contributed by atoms with Crippen LogP contribution in [-0.2, 0) is 9.59 Å². The molecule has 0 aromatic heterocycles. The highest BCUT2D eigenvalue weighted by atomic mass is 19.1. The maximum Gasteiger partial charge on any atom is 0.295 e. The Kier molecular flexibility index (Phi) is 6.75. The number of aliphatic hydroxyl groups is 1. The lowest BCUT2D eigenvalue weighted by Gasteiger charge is -2.26. The standard InChI is InChI=1S/C24H27FN2O4/c1-5-31-19-11-8-17(14-15(19)2)22(28)20-21(16-6-9-18(25)10-7-16)27(13-12-26(3)4)24(30)23(20)29/h6-11,14,21,28H,5,12-13H2,1-4H3/b22-20-. The zero-order valence-electron chi connectivity index (χ0n) is 18.2. The van der Waals surface area contributed by atoms with Gasteiger partial charge in [-0.3, -0.25) is 9.59 Å². The van der Waals surface area contributed by atoms with Crippen LogP contribution >= 0.6 is 0 Å². The number of rotatable bonds is 7. The molecule has 1 heterocycles. The van der Waals surface area contributed by atoms with Crippen molar-refractivity contribution in [1.82, 2.24) is 9.80 Å². The first kappa shape index (κ1) is 22.5. The van der Waals surface area contributed by atoms with Crippen LogP contribution in [0.1, 0.15) is 29.7 Å². The van der Waals surface area contributed by atoms with E-state index in [-0.39, 0.29) is 11.3 Å². The number of hydrogen-bond acceptors (Lipinski definition) is 5. The number of Topliss-reactive ketones (excluding diaryl/α,β-unsaturated/α-hetero) is 1. The predicted molar refractivity (Wildman–Crippen MR) is 116 cm³/mol. The molecule has 1 aliphatic heterocycles. The molecule has 1 unspecified atom stereocenters. The van der Waals surface area contributed by atoms with Crippen molar-refractivity contribution in [3.63, 3.8) is 0 Å². The van der Waals surface area contributed by atoms with Gasteiger partial charge in [-0.15, -0.1) is 0 Å². The fourth-order valence-electron chi connectivity index (χ4n) is 3.68. The second-order valence-corrected chi connectivity index (χ2v) is 7.76. The van der Waals surface area contributed by atoms with E-state index in [9.17, 15) is 19.1 Å². The number of amides is 1. The first-order chi connectivity index (χ1) is 14.7. The van der Waals surface area contributed by atoms with Gasteiger partial charge in [0.2, 0.25) is 0 Å². The van der Waals surface area contributed by atoms with Gasteiger partial charge < -0.3 is 19.6 Å². The zero-order valence-corrected chi connectivity index (χ0v) is 18.2. The molecule has 3 rings (SSSR count). The molecule has 2 aromatic carbocycles. The number of nitrogens with zero attached hydrogens (tertiary/aromatic N) is 2. The third-order valence-corrected chi connectivity index (χ3v) is 5.26. The molecule has 1 saturated heterocycles. The molecule has 1 aliphatic rings. The summed E-state index contributed by atoms with van der Waals surface area (Å²) in [7, 11) is 3.73. The van der Waals surface area contributed by atoms with Crippen LogP contribution in [0, 0.1) is 12.7 Å². The van der Waals surface area contributed by atoms with Gasteiger partial charge in [0.15, 0.2) is 0 Å². The molecule has 1 fully saturated rings. The minimum Gasteiger partial charge on any atom is -0.507 e. The second-order valence-electron chi connectivity index (χ2n) is 7.76. The van der Waals surface area contributed by atoms with Crippen LogP contribution in [-0.4, -0.2) is 60.4 Å². The highest BCUT2D eigenvalue weighted by Crippen LogP contribution is 2.39. The largest absolute Gasteiger partial charge is 0.507 e. The summed E-state index contributed by atoms with van der Waals surface area (Å²) in [6, 6.07) is 9.93. The van der Waals surface area contributed by atoms with E-state index < -0.39 is 23.5 Å². The Bertz CT molecular complexity index is 1010. The minimum atomic E-state index is -0.799. The van der Waals surface area contributed by atoms with Gasteiger partial charge in [-0.2, -0.15) is 0 Å². The highest BCUT2D eigenvalue weighted by Gasteiger charge is 2.45. The number of likely N-dealkylation sites (N-methyl/N-ethyl adjacent to an activating group) is 1. The minimum absolute atomic E-state index is 0.000996. The molecule has 0 spiro atoms. The molecule has 0 aliphatic carbocycles. The summed E-state index contributed by atoms with van der Waals surface area (Å²) in [5.41, 5.74) is 1.77. The monoisotopic (exact) mass is 426 g/mol. The third kappa shape index (κ3) is 4.61. The number of hydrogen-bond donors (Lipinski definition) is 1. The van der Waals surface area contributed by atoms with E-state index in [1.54, 1.807) is 18.2 Å². The van der Waals surface area contributed by atoms with Gasteiger partial charge in [-0.1, -0.05) is 12.1 Å². The fourth-order valence-corrected chi connectivity index (χ4v) is 3.68. The van der Waals surface area contributed by atoms with Crippen LogP contribution in [0.4, 0.5) is 4.39 Å². The first-order valence-corrected chi connectivity index (χ1v) is 10.2. The van der Waals surface area contributed by atoms with Gasteiger partial charge >= 0.3 is 0 Å². The number of benzene rings is 2. The molecule has 1 N–H and O–H groups in total. The molecule has 0 radical (unpaired) electrons. The topological polar surface area (TPSA) is 70.1 Å². The number of likely N-dealkylation sites (tertiary alicyclic amines) is 1. The lowest BCUT2D eigenvalue weighted by Crippen LogP contribution is -2.35. The van der Waals surface area contributed by atoms with Crippen LogP contribution in [0.2, 0.25) is 0 Å². The molecule has 164 valence electrons. The molecule has 0 saturated carbocycles. The van der Waals surface area contributed by atoms with Gasteiger partial charge in [-0.25, -0.2) is 4.39 Å². The maximum atomic E-state index is 13.5. The molecule has 0 bridgehead atoms. The van der Waals surface area contributed by atoms with Crippen LogP contribution in [0.15, 0.2) is 48.0 Å². The van der Waals surface area contributed by atoms with E-state index in [4.69, 9.17) is 4.74 Å². The van der Waals surface area contributed by atoms with Crippen LogP contribution in [0.25, 0.3) is 5.76 Å². The van der Waals surface area contributed by atoms with Gasteiger partial charge in [0.25, 0.3) is 11.7 Å². The number of aryl methyl sites for hydroxylation is 1. The molecule has 2 aromatic rings. The van der Waals surface area contributed by atoms with E-state index in [2.05, 4.69) is 0 Å². The Balaban J connectivity index is 2.12. The van der Waals surface area contributed by atoms with Gasteiger partial charge in [-0.05, 0) is 69.4 Å². The smallest absolute Gasteiger partial charge is 0.295 e. The molecule has 31 heavy (non-hydrogen) atoms. The lowest BCUT2D eigenvalue weighted by molar-refractivity contribution is -0.140. The van der Waals surface area contributed by atoms with Gasteiger partial charge in [0.1, 0.15) is 17.3 Å². The van der Waals surface area contributed by atoms with Crippen molar-refractivity contribution in [3.05, 3.63) is 70.5 Å². The van der Waals surface area contributed by atoms with E-state index in [1.807, 2.05) is 32.8 Å². The van der Waals surface area contributed by atoms with Crippen LogP contribution < -0.4 is 4.74 Å². The maximum absolute atomic E-state index is 13.5. The molecule has 6 nitrogen and oxygen atoms in total. The summed E-state index contributed by atoms with van der Waals surface area (Å²) >= 11 is 0. The van der Waals surface area contributed by atoms with Crippen molar-refractivity contribution in [2.24, 2.45) is 0 Å². The van der Waals surface area contributed by atoms with Crippen molar-refractivity contribution in [2.75, 3.05) is 33.8 Å². The Morgan fingerprint density at radius 3 is 2.42 bits per heavy atom. The lowest BCUT2D eigenvalue weighted by atomic mass is 9.94. The van der Waals surface area contributed by atoms with Crippen molar-refractivity contribution in [3.8, 4) is 5.75 Å². The Hall–Kier alpha value is -3.19. The first-order valence-electron chi connectivity index (χ1n) is 10.2. The van der Waals surface area contributed by atoms with Crippen molar-refractivity contribution < 1.29 is 23.8 Å². The molecule has 7 heteroatoms. The predicted octanol–water partition coefficient (Wildman–Crippen LogP) is 3.52. The van der Waals surface area contributed by atoms with Crippen molar-refractivity contribution >= 4 is 17.4 Å². The summed E-state index contributed by atoms with van der Waals surface area (Å²) in [5, 5.41) is 11.1. The van der Waals surface area contributed by atoms with Crippen molar-refractivity contribution in [2.45, 2.75) is 19.9 Å². The van der Waals surface area contributed by atoms with E-state index in [0.29, 0.717) is 36.6 Å². The summed E-state index contributed by atoms with van der Waals surface area (Å²) < 4.78 is 19.1. The average molecular weight is 426 g/mol. The average Bonchev–Trinajstić information content (AvgIpc) is 2.98. The number of ketones is 1. The Morgan fingerprint density at radius 1 is 1.16 bits per heavy atom. The second kappa shape index (κ2) is 9.31. The SMILES string of the molecule is CCOc1ccc(/C(O)=C2/C(=O)C(=O)N(CCN(C)C)C2c2ccc(F)cc2)cc1C. The Morgan fingerprint density at radius 2 is 1.84 bits per heavy atom. The molecular weight excluding hydrogens is 399 g/mol. The number of carbonyl (C=O) groups excluding carboxylic acids is 2. The third-order valence-electron chi connectivity index (χ3n) is 5.26. The summed E-state index contributed by atoms with van der Waals surface area (Å²) in [4.78, 5) is 29.1. The van der Waals surface area contributed by atoms with Crippen LogP contribution in [0.5, 0.6) is 5.75 Å². The summed E-state index contributed by atoms with van der Waals surface area (Å²) in [6.07, 6.45) is 0. The van der Waals surface area contributed by atoms with E-state index in [0.717, 1.165) is 5.56 Å². The van der Waals surface area contributed by atoms with Gasteiger partial charge in [0, 0.05) is 18.7 Å². The van der Waals surface area contributed by atoms with Crippen molar-refractivity contribution in [1.29, 1.82) is 0 Å². The number of halogens is 1. The number of ether oxygens (including phenoxy) is 1. The normalized spacial score (nSPS) is 18.1. The quantitative estimate of drug-likeness (QED) is 0.417. The number of carbonyl (C=O) groups is 2. The summed E-state index contributed by atoms with van der Waals surface area (Å²) in [5.74, 6) is -1.43. The molecular formula is C24H27FN2O4. The van der Waals surface area contributed by atoms with E-state index in [1.165, 1.54) is 29.2 Å².